The molecule has 1 aromatic heterocycles. The Morgan fingerprint density at radius 3 is 2.34 bits per heavy atom. The minimum absolute atomic E-state index is 0.0815. The number of nitrogens with one attached hydrogen (secondary N) is 3. The zero-order chi connectivity index (χ0) is 28.0. The number of halogens is 2. The van der Waals surface area contributed by atoms with Gasteiger partial charge in [-0.15, -0.1) is 11.3 Å². The summed E-state index contributed by atoms with van der Waals surface area (Å²) in [4.78, 5) is 25.9. The van der Waals surface area contributed by atoms with Crippen molar-refractivity contribution in [1.82, 2.24) is 15.4 Å². The van der Waals surface area contributed by atoms with Crippen LogP contribution in [0.2, 0.25) is 10.0 Å². The first-order valence-electron chi connectivity index (χ1n) is 11.8. The van der Waals surface area contributed by atoms with Gasteiger partial charge in [0.15, 0.2) is 0 Å². The van der Waals surface area contributed by atoms with Gasteiger partial charge in [-0.2, -0.15) is 0 Å². The second kappa shape index (κ2) is 13.2. The molecule has 5 N–H and O–H groups in total. The molecule has 0 radical (unpaired) electrons. The van der Waals surface area contributed by atoms with E-state index in [1.165, 1.54) is 29.5 Å². The summed E-state index contributed by atoms with van der Waals surface area (Å²) < 4.78 is 28.1. The van der Waals surface area contributed by atoms with Crippen molar-refractivity contribution < 1.29 is 28.2 Å². The van der Waals surface area contributed by atoms with Crippen molar-refractivity contribution in [3.63, 3.8) is 0 Å². The van der Waals surface area contributed by atoms with E-state index >= 15 is 0 Å². The van der Waals surface area contributed by atoms with Gasteiger partial charge in [0.2, 0.25) is 15.9 Å². The predicted molar refractivity (Wildman–Crippen MR) is 149 cm³/mol. The third-order valence-electron chi connectivity index (χ3n) is 5.57. The number of aliphatic hydroxyl groups is 2. The highest BCUT2D eigenvalue weighted by molar-refractivity contribution is 7.89. The van der Waals surface area contributed by atoms with E-state index in [0.29, 0.717) is 11.3 Å². The summed E-state index contributed by atoms with van der Waals surface area (Å²) in [5.41, 5.74) is 0. The van der Waals surface area contributed by atoms with E-state index in [9.17, 15) is 28.2 Å². The molecule has 3 rings (SSSR count). The molecule has 2 aromatic carbocycles. The molecule has 0 unspecified atom stereocenters. The van der Waals surface area contributed by atoms with E-state index in [2.05, 4.69) is 15.4 Å². The summed E-state index contributed by atoms with van der Waals surface area (Å²) in [6.07, 6.45) is -2.67. The number of hydrogen-bond acceptors (Lipinski definition) is 7. The molecule has 2 amide bonds. The minimum Gasteiger partial charge on any atom is -0.389 e. The number of fused-ring (bicyclic) bond motifs is 1. The van der Waals surface area contributed by atoms with Gasteiger partial charge in [0.05, 0.1) is 22.1 Å². The van der Waals surface area contributed by atoms with Crippen LogP contribution in [0, 0.1) is 5.92 Å². The van der Waals surface area contributed by atoms with Crippen LogP contribution in [0.1, 0.15) is 29.9 Å². The van der Waals surface area contributed by atoms with Crippen LogP contribution in [0.3, 0.4) is 0 Å². The highest BCUT2D eigenvalue weighted by atomic mass is 35.5. The molecule has 0 aliphatic rings. The third kappa shape index (κ3) is 8.12. The minimum atomic E-state index is -4.09. The first-order chi connectivity index (χ1) is 17.9. The molecule has 0 aliphatic carbocycles. The van der Waals surface area contributed by atoms with Gasteiger partial charge in [0.1, 0.15) is 10.9 Å². The Balaban J connectivity index is 1.56. The van der Waals surface area contributed by atoms with Crippen molar-refractivity contribution >= 4 is 66.5 Å². The molecule has 38 heavy (non-hydrogen) atoms. The zero-order valence-corrected chi connectivity index (χ0v) is 23.8. The summed E-state index contributed by atoms with van der Waals surface area (Å²) in [5, 5.41) is 26.9. The van der Waals surface area contributed by atoms with Crippen molar-refractivity contribution in [2.45, 2.75) is 43.4 Å². The Morgan fingerprint density at radius 1 is 1.00 bits per heavy atom. The fraction of sp³-hybridized carbons (Fsp3) is 0.360. The number of benzene rings is 2. The molecule has 3 atom stereocenters. The summed E-state index contributed by atoms with van der Waals surface area (Å²) in [5.74, 6) is -0.839. The first kappa shape index (κ1) is 30.3. The van der Waals surface area contributed by atoms with Crippen LogP contribution in [0.25, 0.3) is 10.1 Å². The Kier molecular flexibility index (Phi) is 10.5. The van der Waals surface area contributed by atoms with Gasteiger partial charge in [0, 0.05) is 22.8 Å². The van der Waals surface area contributed by atoms with Gasteiger partial charge in [-0.25, -0.2) is 13.1 Å². The SMILES string of the molecule is CC(C)C[C@H](NC(=O)c1cc2ccccc2s1)C(=O)NC[C@@H](O)[C@H](O)CNS(=O)(=O)c1ccc(Cl)cc1Cl. The molecule has 3 aromatic rings. The Labute approximate surface area is 235 Å². The average molecular weight is 603 g/mol. The number of thiophene rings is 1. The standard InChI is InChI=1S/C25H29Cl2N3O6S2/c1-14(2)9-18(30-25(34)22-10-15-5-3-4-6-21(15)37-22)24(33)28-12-19(31)20(32)13-29-38(35,36)23-8-7-16(26)11-17(23)27/h3-8,10-11,14,18-20,29,31-32H,9,12-13H2,1-2H3,(H,28,33)(H,30,34)/t18-,19+,20+/m0/s1. The summed E-state index contributed by atoms with van der Waals surface area (Å²) in [6.45, 7) is 2.92. The molecule has 9 nitrogen and oxygen atoms in total. The van der Waals surface area contributed by atoms with E-state index in [4.69, 9.17) is 23.2 Å². The van der Waals surface area contributed by atoms with Crippen molar-refractivity contribution in [2.75, 3.05) is 13.1 Å². The number of amides is 2. The van der Waals surface area contributed by atoms with Crippen molar-refractivity contribution in [2.24, 2.45) is 5.92 Å². The van der Waals surface area contributed by atoms with Crippen LogP contribution in [-0.2, 0) is 14.8 Å². The first-order valence-corrected chi connectivity index (χ1v) is 14.8. The average Bonchev–Trinajstić information content (AvgIpc) is 3.29. The van der Waals surface area contributed by atoms with Crippen molar-refractivity contribution in [3.8, 4) is 0 Å². The number of sulfonamides is 1. The van der Waals surface area contributed by atoms with Crippen molar-refractivity contribution in [1.29, 1.82) is 0 Å². The maximum Gasteiger partial charge on any atom is 0.262 e. The lowest BCUT2D eigenvalue weighted by atomic mass is 10.0. The fourth-order valence-corrected chi connectivity index (χ4v) is 6.38. The molecular weight excluding hydrogens is 573 g/mol. The van der Waals surface area contributed by atoms with E-state index in [-0.39, 0.29) is 33.3 Å². The molecule has 0 fully saturated rings. The predicted octanol–water partition coefficient (Wildman–Crippen LogP) is 3.17. The van der Waals surface area contributed by atoms with Crippen LogP contribution < -0.4 is 15.4 Å². The lowest BCUT2D eigenvalue weighted by Crippen LogP contribution is -2.51. The molecule has 0 saturated carbocycles. The van der Waals surface area contributed by atoms with E-state index < -0.39 is 40.7 Å². The molecule has 13 heteroatoms. The van der Waals surface area contributed by atoms with Crippen LogP contribution >= 0.6 is 34.5 Å². The normalized spacial score (nSPS) is 14.3. The van der Waals surface area contributed by atoms with E-state index in [1.54, 1.807) is 6.07 Å². The number of carbonyl (C=O) groups excluding carboxylic acids is 2. The van der Waals surface area contributed by atoms with Crippen LogP contribution in [0.4, 0.5) is 0 Å². The Morgan fingerprint density at radius 2 is 1.68 bits per heavy atom. The summed E-state index contributed by atoms with van der Waals surface area (Å²) in [7, 11) is -4.09. The monoisotopic (exact) mass is 601 g/mol. The fourth-order valence-electron chi connectivity index (χ4n) is 3.59. The van der Waals surface area contributed by atoms with Gasteiger partial charge in [-0.05, 0) is 48.1 Å². The molecule has 0 saturated heterocycles. The number of hydrogen-bond donors (Lipinski definition) is 5. The van der Waals surface area contributed by atoms with Gasteiger partial charge in [0.25, 0.3) is 5.91 Å². The summed E-state index contributed by atoms with van der Waals surface area (Å²) in [6, 6.07) is 12.3. The molecular formula is C25H29Cl2N3O6S2. The number of rotatable bonds is 12. The number of carbonyl (C=O) groups is 2. The number of aliphatic hydroxyl groups excluding tert-OH is 2. The largest absolute Gasteiger partial charge is 0.389 e. The highest BCUT2D eigenvalue weighted by Crippen LogP contribution is 2.26. The van der Waals surface area contributed by atoms with Gasteiger partial charge in [-0.3, -0.25) is 9.59 Å². The molecule has 206 valence electrons. The van der Waals surface area contributed by atoms with Crippen LogP contribution in [0.15, 0.2) is 53.4 Å². The summed E-state index contributed by atoms with van der Waals surface area (Å²) >= 11 is 13.1. The topological polar surface area (TPSA) is 145 Å². The van der Waals surface area contributed by atoms with Crippen LogP contribution in [-0.4, -0.2) is 61.8 Å². The highest BCUT2D eigenvalue weighted by Gasteiger charge is 2.26. The third-order valence-corrected chi connectivity index (χ3v) is 8.83. The zero-order valence-electron chi connectivity index (χ0n) is 20.6. The Hall–Kier alpha value is -2.25. The maximum absolute atomic E-state index is 12.9. The lowest BCUT2D eigenvalue weighted by molar-refractivity contribution is -0.124. The Bertz CT molecular complexity index is 1360. The van der Waals surface area contributed by atoms with E-state index in [1.807, 2.05) is 38.1 Å². The van der Waals surface area contributed by atoms with Gasteiger partial charge in [-0.1, -0.05) is 55.2 Å². The second-order valence-electron chi connectivity index (χ2n) is 9.11. The van der Waals surface area contributed by atoms with E-state index in [0.717, 1.165) is 10.1 Å². The molecule has 0 spiro atoms. The molecule has 1 heterocycles. The van der Waals surface area contributed by atoms with Crippen LogP contribution in [0.5, 0.6) is 0 Å². The second-order valence-corrected chi connectivity index (χ2v) is 12.8. The van der Waals surface area contributed by atoms with Gasteiger partial charge < -0.3 is 20.8 Å². The quantitative estimate of drug-likeness (QED) is 0.216. The molecule has 0 aliphatic heterocycles. The molecule has 0 bridgehead atoms. The maximum atomic E-state index is 12.9. The smallest absolute Gasteiger partial charge is 0.262 e. The van der Waals surface area contributed by atoms with Gasteiger partial charge >= 0.3 is 0 Å². The van der Waals surface area contributed by atoms with Crippen molar-refractivity contribution in [3.05, 3.63) is 63.5 Å². The lowest BCUT2D eigenvalue weighted by Gasteiger charge is -2.23.